The second-order valence-electron chi connectivity index (χ2n) is 6.53. The molecule has 0 heterocycles. The zero-order valence-electron chi connectivity index (χ0n) is 15.6. The van der Waals surface area contributed by atoms with Crippen LogP contribution in [-0.2, 0) is 13.1 Å². The van der Waals surface area contributed by atoms with Gasteiger partial charge in [-0.05, 0) is 62.5 Å². The third kappa shape index (κ3) is 7.32. The molecule has 0 saturated carbocycles. The molecule has 0 fully saturated rings. The van der Waals surface area contributed by atoms with Gasteiger partial charge < -0.3 is 15.5 Å². The van der Waals surface area contributed by atoms with Crippen LogP contribution >= 0.6 is 35.6 Å². The molecule has 0 aliphatic rings. The Morgan fingerprint density at radius 3 is 2.15 bits per heavy atom. The lowest BCUT2D eigenvalue weighted by atomic mass is 10.1. The minimum Gasteiger partial charge on any atom is -0.334 e. The van der Waals surface area contributed by atoms with Gasteiger partial charge >= 0.3 is 0 Å². The molecule has 0 radical (unpaired) electrons. The Morgan fingerprint density at radius 1 is 0.963 bits per heavy atom. The van der Waals surface area contributed by atoms with Gasteiger partial charge in [-0.1, -0.05) is 41.4 Å². The van der Waals surface area contributed by atoms with Crippen LogP contribution in [0.3, 0.4) is 0 Å². The van der Waals surface area contributed by atoms with Crippen molar-refractivity contribution in [2.24, 2.45) is 5.73 Å². The highest BCUT2D eigenvalue weighted by molar-refractivity contribution is 6.42. The van der Waals surface area contributed by atoms with Crippen molar-refractivity contribution in [1.29, 1.82) is 0 Å². The van der Waals surface area contributed by atoms with Gasteiger partial charge in [0.25, 0.3) is 5.91 Å². The fourth-order valence-electron chi connectivity index (χ4n) is 2.65. The molecule has 148 valence electrons. The molecule has 0 aliphatic carbocycles. The Labute approximate surface area is 177 Å². The molecule has 4 nitrogen and oxygen atoms in total. The van der Waals surface area contributed by atoms with Crippen molar-refractivity contribution in [3.8, 4) is 0 Å². The van der Waals surface area contributed by atoms with Gasteiger partial charge in [0.15, 0.2) is 0 Å². The minimum atomic E-state index is -0.00148. The number of carbonyl (C=O) groups is 1. The largest absolute Gasteiger partial charge is 0.334 e. The Balaban J connectivity index is 0.00000364. The summed E-state index contributed by atoms with van der Waals surface area (Å²) in [7, 11) is 4.05. The predicted molar refractivity (Wildman–Crippen MR) is 116 cm³/mol. The number of benzene rings is 2. The fourth-order valence-corrected chi connectivity index (χ4v) is 2.98. The van der Waals surface area contributed by atoms with E-state index in [1.54, 1.807) is 6.07 Å². The molecule has 0 atom stereocenters. The summed E-state index contributed by atoms with van der Waals surface area (Å²) in [5.41, 5.74) is 8.25. The topological polar surface area (TPSA) is 49.6 Å². The predicted octanol–water partition coefficient (Wildman–Crippen LogP) is 4.47. The van der Waals surface area contributed by atoms with Crippen LogP contribution in [0, 0.1) is 0 Å². The summed E-state index contributed by atoms with van der Waals surface area (Å²) in [4.78, 5) is 17.0. The lowest BCUT2D eigenvalue weighted by molar-refractivity contribution is 0.0737. The first-order valence-electron chi connectivity index (χ1n) is 8.57. The monoisotopic (exact) mass is 429 g/mol. The second kappa shape index (κ2) is 11.5. The van der Waals surface area contributed by atoms with Gasteiger partial charge in [0.2, 0.25) is 0 Å². The molecule has 1 amide bonds. The molecule has 0 spiro atoms. The molecule has 2 rings (SSSR count). The molecule has 0 aromatic heterocycles. The first-order chi connectivity index (χ1) is 12.4. The number of halogens is 3. The Hall–Kier alpha value is -1.30. The first kappa shape index (κ1) is 23.7. The van der Waals surface area contributed by atoms with Gasteiger partial charge in [-0.25, -0.2) is 0 Å². The van der Waals surface area contributed by atoms with Crippen LogP contribution < -0.4 is 5.73 Å². The van der Waals surface area contributed by atoms with E-state index in [1.807, 2.05) is 55.4 Å². The van der Waals surface area contributed by atoms with Crippen molar-refractivity contribution in [2.45, 2.75) is 19.5 Å². The third-order valence-electron chi connectivity index (χ3n) is 4.11. The SMILES string of the molecule is CN(C)CCCN(Cc1ccc(Cl)c(Cl)c1)C(=O)c1ccc(CN)cc1.Cl. The maximum atomic E-state index is 13.0. The molecule has 2 N–H and O–H groups in total. The number of nitrogens with zero attached hydrogens (tertiary/aromatic N) is 2. The van der Waals surface area contributed by atoms with Crippen molar-refractivity contribution >= 4 is 41.5 Å². The summed E-state index contributed by atoms with van der Waals surface area (Å²) < 4.78 is 0. The fraction of sp³-hybridized carbons (Fsp3) is 0.350. The second-order valence-corrected chi connectivity index (χ2v) is 7.35. The lowest BCUT2D eigenvalue weighted by Crippen LogP contribution is -2.33. The van der Waals surface area contributed by atoms with E-state index in [1.165, 1.54) is 0 Å². The average molecular weight is 431 g/mol. The van der Waals surface area contributed by atoms with Crippen LogP contribution in [0.1, 0.15) is 27.9 Å². The van der Waals surface area contributed by atoms with E-state index in [-0.39, 0.29) is 18.3 Å². The van der Waals surface area contributed by atoms with Gasteiger partial charge in [0.1, 0.15) is 0 Å². The van der Waals surface area contributed by atoms with Gasteiger partial charge in [-0.2, -0.15) is 0 Å². The molecule has 0 unspecified atom stereocenters. The van der Waals surface area contributed by atoms with Crippen LogP contribution in [-0.4, -0.2) is 42.9 Å². The Bertz CT molecular complexity index is 736. The highest BCUT2D eigenvalue weighted by Crippen LogP contribution is 2.23. The summed E-state index contributed by atoms with van der Waals surface area (Å²) in [5, 5.41) is 1.01. The standard InChI is InChI=1S/C20H25Cl2N3O.ClH/c1-24(2)10-3-11-25(14-16-6-9-18(21)19(22)12-16)20(26)17-7-4-15(13-23)5-8-17;/h4-9,12H,3,10-11,13-14,23H2,1-2H3;1H. The van der Waals surface area contributed by atoms with Crippen LogP contribution in [0.15, 0.2) is 42.5 Å². The van der Waals surface area contributed by atoms with Gasteiger partial charge in [-0.3, -0.25) is 4.79 Å². The molecule has 0 aliphatic heterocycles. The van der Waals surface area contributed by atoms with Gasteiger partial charge in [0.05, 0.1) is 10.0 Å². The summed E-state index contributed by atoms with van der Waals surface area (Å²) in [6.07, 6.45) is 0.890. The maximum Gasteiger partial charge on any atom is 0.254 e. The average Bonchev–Trinajstić information content (AvgIpc) is 2.63. The summed E-state index contributed by atoms with van der Waals surface area (Å²) in [5.74, 6) is -0.00148. The van der Waals surface area contributed by atoms with Crippen LogP contribution in [0.25, 0.3) is 0 Å². The number of hydrogen-bond acceptors (Lipinski definition) is 3. The zero-order valence-corrected chi connectivity index (χ0v) is 17.9. The summed E-state index contributed by atoms with van der Waals surface area (Å²) in [6, 6.07) is 12.9. The van der Waals surface area contributed by atoms with E-state index in [0.29, 0.717) is 35.2 Å². The number of hydrogen-bond donors (Lipinski definition) is 1. The van der Waals surface area contributed by atoms with Crippen LogP contribution in [0.2, 0.25) is 10.0 Å². The number of carbonyl (C=O) groups excluding carboxylic acids is 1. The van der Waals surface area contributed by atoms with E-state index >= 15 is 0 Å². The van der Waals surface area contributed by atoms with Crippen molar-refractivity contribution in [2.75, 3.05) is 27.2 Å². The van der Waals surface area contributed by atoms with E-state index in [9.17, 15) is 4.79 Å². The van der Waals surface area contributed by atoms with Crippen LogP contribution in [0.5, 0.6) is 0 Å². The van der Waals surface area contributed by atoms with Gasteiger partial charge in [-0.15, -0.1) is 12.4 Å². The normalized spacial score (nSPS) is 10.6. The smallest absolute Gasteiger partial charge is 0.254 e. The van der Waals surface area contributed by atoms with Crippen LogP contribution in [0.4, 0.5) is 0 Å². The van der Waals surface area contributed by atoms with E-state index in [4.69, 9.17) is 28.9 Å². The number of rotatable bonds is 8. The van der Waals surface area contributed by atoms with Gasteiger partial charge in [0, 0.05) is 25.2 Å². The number of amides is 1. The van der Waals surface area contributed by atoms with Crippen molar-refractivity contribution in [1.82, 2.24) is 9.80 Å². The Morgan fingerprint density at radius 2 is 1.59 bits per heavy atom. The highest BCUT2D eigenvalue weighted by atomic mass is 35.5. The Kier molecular flexibility index (Phi) is 10.1. The molecular weight excluding hydrogens is 405 g/mol. The minimum absolute atomic E-state index is 0. The maximum absolute atomic E-state index is 13.0. The van der Waals surface area contributed by atoms with E-state index in [2.05, 4.69) is 4.90 Å². The molecular formula is C20H26Cl3N3O. The molecule has 2 aromatic carbocycles. The lowest BCUT2D eigenvalue weighted by Gasteiger charge is -2.24. The third-order valence-corrected chi connectivity index (χ3v) is 4.85. The zero-order chi connectivity index (χ0) is 19.1. The first-order valence-corrected chi connectivity index (χ1v) is 9.33. The highest BCUT2D eigenvalue weighted by Gasteiger charge is 2.16. The van der Waals surface area contributed by atoms with Crippen molar-refractivity contribution in [3.63, 3.8) is 0 Å². The van der Waals surface area contributed by atoms with E-state index in [0.717, 1.165) is 24.1 Å². The summed E-state index contributed by atoms with van der Waals surface area (Å²) in [6.45, 7) is 2.53. The number of nitrogens with two attached hydrogens (primary N) is 1. The van der Waals surface area contributed by atoms with E-state index < -0.39 is 0 Å². The molecule has 0 bridgehead atoms. The molecule has 27 heavy (non-hydrogen) atoms. The molecule has 2 aromatic rings. The van der Waals surface area contributed by atoms with Crippen molar-refractivity contribution in [3.05, 3.63) is 69.2 Å². The summed E-state index contributed by atoms with van der Waals surface area (Å²) >= 11 is 12.1. The molecule has 7 heteroatoms. The molecule has 0 saturated heterocycles. The van der Waals surface area contributed by atoms with Crippen molar-refractivity contribution < 1.29 is 4.79 Å². The quantitative estimate of drug-likeness (QED) is 0.672.